The smallest absolute Gasteiger partial charge is 0.210 e. The van der Waals surface area contributed by atoms with Crippen LogP contribution in [0.2, 0.25) is 0 Å². The molecule has 0 atom stereocenters. The summed E-state index contributed by atoms with van der Waals surface area (Å²) in [6, 6.07) is 9.95. The highest BCUT2D eigenvalue weighted by atomic mass is 16.3. The van der Waals surface area contributed by atoms with Crippen molar-refractivity contribution in [2.45, 2.75) is 20.8 Å². The van der Waals surface area contributed by atoms with E-state index in [9.17, 15) is 5.11 Å². The molecule has 17 heavy (non-hydrogen) atoms. The number of rotatable bonds is 1. The van der Waals surface area contributed by atoms with Crippen LogP contribution in [0, 0.1) is 5.41 Å². The Labute approximate surface area is 101 Å². The first kappa shape index (κ1) is 11.6. The minimum Gasteiger partial charge on any atom is -0.857 e. The Bertz CT molecular complexity index is 568. The molecule has 0 saturated heterocycles. The van der Waals surface area contributed by atoms with Crippen LogP contribution in [-0.4, -0.2) is 5.90 Å². The van der Waals surface area contributed by atoms with E-state index in [1.165, 1.54) is 0 Å². The Morgan fingerprint density at radius 2 is 1.76 bits per heavy atom. The molecule has 0 radical (unpaired) electrons. The fraction of sp³-hybridized carbons (Fsp3) is 0.286. The maximum absolute atomic E-state index is 11.8. The van der Waals surface area contributed by atoms with Crippen LogP contribution in [0.4, 0.5) is 0 Å². The quantitative estimate of drug-likeness (QED) is 0.416. The first-order valence-corrected chi connectivity index (χ1v) is 5.63. The van der Waals surface area contributed by atoms with Gasteiger partial charge in [-0.2, -0.15) is 0 Å². The zero-order chi connectivity index (χ0) is 12.5. The lowest BCUT2D eigenvalue weighted by molar-refractivity contribution is -0.680. The van der Waals surface area contributed by atoms with Crippen LogP contribution in [0.1, 0.15) is 20.8 Å². The Hall–Kier alpha value is -1.90. The Morgan fingerprint density at radius 3 is 2.41 bits per heavy atom. The maximum atomic E-state index is 11.8. The Balaban J connectivity index is 2.44. The van der Waals surface area contributed by atoms with Crippen molar-refractivity contribution in [2.75, 3.05) is 0 Å². The molecule has 0 bridgehead atoms. The molecule has 1 aromatic carbocycles. The van der Waals surface area contributed by atoms with Crippen LogP contribution in [0.15, 0.2) is 47.8 Å². The standard InChI is InChI=1S/C14H16N2O/c1-14(2,3)13(17)15-16-9-8-11-6-4-5-7-12(11)10-16/h4-10H,1-3H3. The summed E-state index contributed by atoms with van der Waals surface area (Å²) in [5.74, 6) is -0.127. The van der Waals surface area contributed by atoms with Crippen molar-refractivity contribution in [3.63, 3.8) is 0 Å². The Kier molecular flexibility index (Phi) is 2.84. The van der Waals surface area contributed by atoms with E-state index < -0.39 is 5.41 Å². The van der Waals surface area contributed by atoms with Crippen LogP contribution in [-0.2, 0) is 0 Å². The first-order chi connectivity index (χ1) is 7.97. The molecular weight excluding hydrogens is 212 g/mol. The first-order valence-electron chi connectivity index (χ1n) is 5.63. The number of hydrogen-bond acceptors (Lipinski definition) is 2. The molecule has 0 N–H and O–H groups in total. The molecule has 0 aliphatic carbocycles. The summed E-state index contributed by atoms with van der Waals surface area (Å²) >= 11 is 0. The van der Waals surface area contributed by atoms with Gasteiger partial charge < -0.3 is 5.11 Å². The summed E-state index contributed by atoms with van der Waals surface area (Å²) in [6.07, 6.45) is 3.66. The van der Waals surface area contributed by atoms with Gasteiger partial charge in [-0.25, -0.2) is 0 Å². The lowest BCUT2D eigenvalue weighted by atomic mass is 9.97. The second-order valence-electron chi connectivity index (χ2n) is 5.11. The van der Waals surface area contributed by atoms with Crippen molar-refractivity contribution in [3.05, 3.63) is 42.7 Å². The summed E-state index contributed by atoms with van der Waals surface area (Å²) in [4.78, 5) is 0. The summed E-state index contributed by atoms with van der Waals surface area (Å²) in [5.41, 5.74) is -0.446. The average Bonchev–Trinajstić information content (AvgIpc) is 2.27. The predicted octanol–water partition coefficient (Wildman–Crippen LogP) is 1.70. The number of hydrogen-bond donors (Lipinski definition) is 0. The van der Waals surface area contributed by atoms with Gasteiger partial charge in [-0.3, -0.25) is 0 Å². The average molecular weight is 228 g/mol. The topological polar surface area (TPSA) is 39.3 Å². The minimum absolute atomic E-state index is 0.127. The lowest BCUT2D eigenvalue weighted by Gasteiger charge is -2.22. The van der Waals surface area contributed by atoms with Crippen molar-refractivity contribution >= 4 is 16.7 Å². The van der Waals surface area contributed by atoms with Gasteiger partial charge >= 0.3 is 0 Å². The summed E-state index contributed by atoms with van der Waals surface area (Å²) in [5, 5.41) is 18.1. The van der Waals surface area contributed by atoms with E-state index in [4.69, 9.17) is 0 Å². The number of aromatic nitrogens is 1. The highest BCUT2D eigenvalue weighted by Crippen LogP contribution is 2.12. The van der Waals surface area contributed by atoms with Crippen molar-refractivity contribution in [3.8, 4) is 0 Å². The SMILES string of the molecule is CC(C)(C)/C([O-])=N/[n+]1ccc2ccccc2c1. The largest absolute Gasteiger partial charge is 0.857 e. The molecule has 0 fully saturated rings. The molecule has 3 heteroatoms. The summed E-state index contributed by atoms with van der Waals surface area (Å²) in [7, 11) is 0. The molecule has 2 aromatic rings. The molecule has 1 aromatic heterocycles. The molecule has 88 valence electrons. The molecule has 0 amide bonds. The third-order valence-corrected chi connectivity index (χ3v) is 2.52. The highest BCUT2D eigenvalue weighted by molar-refractivity contribution is 5.80. The summed E-state index contributed by atoms with van der Waals surface area (Å²) in [6.45, 7) is 5.58. The highest BCUT2D eigenvalue weighted by Gasteiger charge is 2.13. The van der Waals surface area contributed by atoms with Crippen LogP contribution >= 0.6 is 0 Å². The summed E-state index contributed by atoms with van der Waals surface area (Å²) < 4.78 is 1.58. The van der Waals surface area contributed by atoms with E-state index >= 15 is 0 Å². The third-order valence-electron chi connectivity index (χ3n) is 2.52. The number of pyridine rings is 1. The number of benzene rings is 1. The van der Waals surface area contributed by atoms with Gasteiger partial charge in [-0.1, -0.05) is 43.6 Å². The molecular formula is C14H16N2O. The normalized spacial score (nSPS) is 13.0. The van der Waals surface area contributed by atoms with Crippen LogP contribution in [0.25, 0.3) is 10.8 Å². The van der Waals surface area contributed by atoms with Gasteiger partial charge in [0.15, 0.2) is 0 Å². The van der Waals surface area contributed by atoms with Gasteiger partial charge in [0.2, 0.25) is 12.4 Å². The second-order valence-corrected chi connectivity index (χ2v) is 5.11. The van der Waals surface area contributed by atoms with E-state index in [-0.39, 0.29) is 5.90 Å². The van der Waals surface area contributed by atoms with Gasteiger partial charge in [-0.15, -0.1) is 0 Å². The molecule has 3 nitrogen and oxygen atoms in total. The van der Waals surface area contributed by atoms with Gasteiger partial charge in [-0.05, 0) is 22.0 Å². The minimum atomic E-state index is -0.446. The third kappa shape index (κ3) is 2.61. The Morgan fingerprint density at radius 1 is 1.12 bits per heavy atom. The van der Waals surface area contributed by atoms with Crippen LogP contribution in [0.3, 0.4) is 0 Å². The molecule has 2 rings (SSSR count). The monoisotopic (exact) mass is 228 g/mol. The lowest BCUT2D eigenvalue weighted by Crippen LogP contribution is -2.39. The fourth-order valence-electron chi connectivity index (χ4n) is 1.44. The molecule has 1 heterocycles. The molecule has 0 unspecified atom stereocenters. The second kappa shape index (κ2) is 4.17. The van der Waals surface area contributed by atoms with Crippen molar-refractivity contribution < 1.29 is 9.78 Å². The van der Waals surface area contributed by atoms with Gasteiger partial charge in [0.25, 0.3) is 0 Å². The molecule has 0 spiro atoms. The number of nitrogens with zero attached hydrogens (tertiary/aromatic N) is 2. The molecule has 0 aliphatic heterocycles. The van der Waals surface area contributed by atoms with Crippen molar-refractivity contribution in [1.29, 1.82) is 0 Å². The fourth-order valence-corrected chi connectivity index (χ4v) is 1.44. The van der Waals surface area contributed by atoms with E-state index in [2.05, 4.69) is 5.10 Å². The predicted molar refractivity (Wildman–Crippen MR) is 66.4 cm³/mol. The number of fused-ring (bicyclic) bond motifs is 1. The van der Waals surface area contributed by atoms with Crippen molar-refractivity contribution in [1.82, 2.24) is 0 Å². The van der Waals surface area contributed by atoms with E-state index in [0.29, 0.717) is 0 Å². The van der Waals surface area contributed by atoms with E-state index in [1.807, 2.05) is 57.3 Å². The van der Waals surface area contributed by atoms with Crippen LogP contribution in [0.5, 0.6) is 0 Å². The zero-order valence-electron chi connectivity index (χ0n) is 10.3. The maximum Gasteiger partial charge on any atom is 0.210 e. The molecule has 0 aliphatic rings. The van der Waals surface area contributed by atoms with E-state index in [1.54, 1.807) is 10.9 Å². The van der Waals surface area contributed by atoms with E-state index in [0.717, 1.165) is 10.8 Å². The van der Waals surface area contributed by atoms with Crippen molar-refractivity contribution in [2.24, 2.45) is 10.5 Å². The molecule has 0 saturated carbocycles. The van der Waals surface area contributed by atoms with Gasteiger partial charge in [0.05, 0.1) is 0 Å². The zero-order valence-corrected chi connectivity index (χ0v) is 10.3. The van der Waals surface area contributed by atoms with Gasteiger partial charge in [0, 0.05) is 17.4 Å². The van der Waals surface area contributed by atoms with Gasteiger partial charge in [0.1, 0.15) is 0 Å². The van der Waals surface area contributed by atoms with Crippen LogP contribution < -0.4 is 9.78 Å².